The van der Waals surface area contributed by atoms with Crippen LogP contribution in [0.15, 0.2) is 0 Å². The molecule has 0 aromatic carbocycles. The van der Waals surface area contributed by atoms with Crippen molar-refractivity contribution in [1.82, 2.24) is 0 Å². The summed E-state index contributed by atoms with van der Waals surface area (Å²) >= 11 is 0. The number of ether oxygens (including phenoxy) is 4. The van der Waals surface area contributed by atoms with Gasteiger partial charge in [0.2, 0.25) is 0 Å². The van der Waals surface area contributed by atoms with Crippen molar-refractivity contribution in [3.63, 3.8) is 0 Å². The van der Waals surface area contributed by atoms with Gasteiger partial charge in [0.1, 0.15) is 19.3 Å². The Kier molecular flexibility index (Phi) is 52.5. The number of phosphoric ester groups is 2. The largest absolute Gasteiger partial charge is 0.472 e. The number of aliphatic hydroxyl groups is 1. The topological polar surface area (TPSA) is 237 Å². The van der Waals surface area contributed by atoms with Crippen LogP contribution in [0.3, 0.4) is 0 Å². The SMILES string of the molecule is CCCCCCCCCCC(=O)OC[C@H](COP(=O)(O)OC[C@H](O)COP(=O)(O)OC[C@@H](COC(=O)CCCCCCCCCC(C)C)OC(=O)CCCCCCCCCCCCC(C)CC)OC(=O)CCCCCCCCCC. The van der Waals surface area contributed by atoms with Crippen LogP contribution in [0.2, 0.25) is 0 Å². The van der Waals surface area contributed by atoms with E-state index < -0.39 is 97.5 Å². The highest BCUT2D eigenvalue weighted by Crippen LogP contribution is 2.45. The van der Waals surface area contributed by atoms with E-state index in [1.54, 1.807) is 0 Å². The first-order chi connectivity index (χ1) is 38.4. The standard InChI is InChI=1S/C61H118O17P2/c1-7-10-12-14-16-25-31-37-43-58(63)71-49-56(77-60(65)45-39-33-26-17-15-13-11-8-2)51-75-79(67,68)73-47-55(62)48-74-80(69,70)76-52-57(50-72-59(64)44-38-32-28-22-23-29-35-41-53(4)5)78-61(66)46-40-34-27-21-19-18-20-24-30-36-42-54(6)9-3/h53-57,62H,7-52H2,1-6H3,(H,67,68)(H,69,70)/t54?,55-,56+,57+/m0/s1. The lowest BCUT2D eigenvalue weighted by atomic mass is 9.99. The Morgan fingerprint density at radius 1 is 0.362 bits per heavy atom. The van der Waals surface area contributed by atoms with Crippen molar-refractivity contribution in [2.75, 3.05) is 39.6 Å². The molecular formula is C61H118O17P2. The van der Waals surface area contributed by atoms with E-state index in [-0.39, 0.29) is 25.7 Å². The van der Waals surface area contributed by atoms with Gasteiger partial charge in [0.05, 0.1) is 26.4 Å². The molecule has 17 nitrogen and oxygen atoms in total. The number of carbonyl (C=O) groups is 4. The lowest BCUT2D eigenvalue weighted by molar-refractivity contribution is -0.161. The molecule has 0 spiro atoms. The van der Waals surface area contributed by atoms with Crippen molar-refractivity contribution in [3.05, 3.63) is 0 Å². The van der Waals surface area contributed by atoms with Crippen LogP contribution >= 0.6 is 15.6 Å². The van der Waals surface area contributed by atoms with Gasteiger partial charge in [0, 0.05) is 25.7 Å². The first-order valence-electron chi connectivity index (χ1n) is 32.0. The van der Waals surface area contributed by atoms with Crippen molar-refractivity contribution in [2.45, 2.75) is 317 Å². The van der Waals surface area contributed by atoms with E-state index in [1.807, 2.05) is 0 Å². The molecule has 0 aromatic rings. The van der Waals surface area contributed by atoms with Crippen LogP contribution in [0.5, 0.6) is 0 Å². The Bertz CT molecular complexity index is 1580. The van der Waals surface area contributed by atoms with E-state index in [1.165, 1.54) is 96.3 Å². The summed E-state index contributed by atoms with van der Waals surface area (Å²) in [6, 6.07) is 0. The number of unbranched alkanes of at least 4 members (excludes halogenated alkanes) is 29. The van der Waals surface area contributed by atoms with Gasteiger partial charge in [-0.25, -0.2) is 9.13 Å². The molecule has 0 saturated heterocycles. The zero-order valence-corrected chi connectivity index (χ0v) is 53.2. The summed E-state index contributed by atoms with van der Waals surface area (Å²) in [6.07, 6.45) is 34.9. The average molecular weight is 1190 g/mol. The first-order valence-corrected chi connectivity index (χ1v) is 35.0. The van der Waals surface area contributed by atoms with Gasteiger partial charge in [-0.3, -0.25) is 37.3 Å². The summed E-state index contributed by atoms with van der Waals surface area (Å²) in [6.45, 7) is 9.39. The molecule has 0 saturated carbocycles. The minimum absolute atomic E-state index is 0.104. The molecule has 6 atom stereocenters. The van der Waals surface area contributed by atoms with Gasteiger partial charge in [0.15, 0.2) is 12.2 Å². The molecular weight excluding hydrogens is 1070 g/mol. The zero-order chi connectivity index (χ0) is 59.4. The molecule has 19 heteroatoms. The number of hydrogen-bond acceptors (Lipinski definition) is 15. The molecule has 474 valence electrons. The number of carbonyl (C=O) groups excluding carboxylic acids is 4. The molecule has 0 aliphatic heterocycles. The molecule has 0 rings (SSSR count). The summed E-state index contributed by atoms with van der Waals surface area (Å²) in [5.74, 6) is -0.635. The molecule has 0 aromatic heterocycles. The maximum atomic E-state index is 12.9. The molecule has 0 amide bonds. The molecule has 80 heavy (non-hydrogen) atoms. The Hall–Kier alpha value is -1.94. The van der Waals surface area contributed by atoms with Gasteiger partial charge in [-0.2, -0.15) is 0 Å². The number of rotatable bonds is 60. The molecule has 0 heterocycles. The third kappa shape index (κ3) is 54.0. The Morgan fingerprint density at radius 2 is 0.637 bits per heavy atom. The number of esters is 4. The number of aliphatic hydroxyl groups excluding tert-OH is 1. The van der Waals surface area contributed by atoms with Crippen LogP contribution in [-0.2, 0) is 65.4 Å². The Morgan fingerprint density at radius 3 is 0.950 bits per heavy atom. The molecule has 0 fully saturated rings. The molecule has 3 N–H and O–H groups in total. The number of hydrogen-bond donors (Lipinski definition) is 3. The second kappa shape index (κ2) is 53.8. The predicted octanol–water partition coefficient (Wildman–Crippen LogP) is 16.5. The molecule has 0 bridgehead atoms. The van der Waals surface area contributed by atoms with E-state index in [2.05, 4.69) is 41.5 Å². The third-order valence-electron chi connectivity index (χ3n) is 14.3. The Labute approximate surface area is 486 Å². The van der Waals surface area contributed by atoms with Gasteiger partial charge >= 0.3 is 39.5 Å². The van der Waals surface area contributed by atoms with Gasteiger partial charge in [0.25, 0.3) is 0 Å². The van der Waals surface area contributed by atoms with Crippen LogP contribution in [-0.4, -0.2) is 96.7 Å². The minimum atomic E-state index is -4.94. The highest BCUT2D eigenvalue weighted by atomic mass is 31.2. The fourth-order valence-electron chi connectivity index (χ4n) is 8.97. The zero-order valence-electron chi connectivity index (χ0n) is 51.4. The molecule has 0 radical (unpaired) electrons. The van der Waals surface area contributed by atoms with Crippen LogP contribution in [0.1, 0.15) is 298 Å². The van der Waals surface area contributed by atoms with E-state index in [0.29, 0.717) is 31.6 Å². The second-order valence-electron chi connectivity index (χ2n) is 22.8. The van der Waals surface area contributed by atoms with Crippen molar-refractivity contribution < 1.29 is 80.2 Å². The Balaban J connectivity index is 5.21. The maximum Gasteiger partial charge on any atom is 0.472 e. The maximum absolute atomic E-state index is 12.9. The van der Waals surface area contributed by atoms with Crippen molar-refractivity contribution in [1.29, 1.82) is 0 Å². The normalized spacial score (nSPS) is 14.7. The van der Waals surface area contributed by atoms with Crippen molar-refractivity contribution in [3.8, 4) is 0 Å². The van der Waals surface area contributed by atoms with Crippen molar-refractivity contribution >= 4 is 39.5 Å². The average Bonchev–Trinajstić information content (AvgIpc) is 3.42. The summed E-state index contributed by atoms with van der Waals surface area (Å²) in [5, 5.41) is 10.5. The van der Waals surface area contributed by atoms with Crippen LogP contribution in [0.4, 0.5) is 0 Å². The molecule has 0 aliphatic rings. The predicted molar refractivity (Wildman–Crippen MR) is 317 cm³/mol. The quantitative estimate of drug-likeness (QED) is 0.0222. The lowest BCUT2D eigenvalue weighted by Gasteiger charge is -2.21. The van der Waals surface area contributed by atoms with Crippen LogP contribution in [0.25, 0.3) is 0 Å². The van der Waals surface area contributed by atoms with Gasteiger partial charge < -0.3 is 33.8 Å². The molecule has 3 unspecified atom stereocenters. The number of phosphoric acid groups is 2. The highest BCUT2D eigenvalue weighted by Gasteiger charge is 2.30. The second-order valence-corrected chi connectivity index (χ2v) is 25.7. The van der Waals surface area contributed by atoms with Crippen LogP contribution in [0, 0.1) is 11.8 Å². The van der Waals surface area contributed by atoms with Gasteiger partial charge in [-0.05, 0) is 37.5 Å². The van der Waals surface area contributed by atoms with Gasteiger partial charge in [-0.1, -0.05) is 247 Å². The van der Waals surface area contributed by atoms with E-state index >= 15 is 0 Å². The fourth-order valence-corrected chi connectivity index (χ4v) is 10.5. The summed E-state index contributed by atoms with van der Waals surface area (Å²) in [7, 11) is -9.87. The van der Waals surface area contributed by atoms with E-state index in [4.69, 9.17) is 37.0 Å². The van der Waals surface area contributed by atoms with Crippen molar-refractivity contribution in [2.24, 2.45) is 11.8 Å². The minimum Gasteiger partial charge on any atom is -0.462 e. The first kappa shape index (κ1) is 78.1. The smallest absolute Gasteiger partial charge is 0.462 e. The monoisotopic (exact) mass is 1180 g/mol. The third-order valence-corrected chi connectivity index (χ3v) is 16.2. The van der Waals surface area contributed by atoms with E-state index in [0.717, 1.165) is 115 Å². The highest BCUT2D eigenvalue weighted by molar-refractivity contribution is 7.47. The lowest BCUT2D eigenvalue weighted by Crippen LogP contribution is -2.30. The summed E-state index contributed by atoms with van der Waals surface area (Å²) in [4.78, 5) is 71.9. The van der Waals surface area contributed by atoms with E-state index in [9.17, 15) is 43.2 Å². The van der Waals surface area contributed by atoms with Gasteiger partial charge in [-0.15, -0.1) is 0 Å². The molecule has 0 aliphatic carbocycles. The fraction of sp³-hybridized carbons (Fsp3) is 0.934. The summed E-state index contributed by atoms with van der Waals surface area (Å²) in [5.41, 5.74) is 0. The van der Waals surface area contributed by atoms with Crippen LogP contribution < -0.4 is 0 Å². The summed E-state index contributed by atoms with van der Waals surface area (Å²) < 4.78 is 67.7.